The van der Waals surface area contributed by atoms with Gasteiger partial charge >= 0.3 is 0 Å². The molecule has 1 N–H and O–H groups in total. The zero-order chi connectivity index (χ0) is 20.9. The van der Waals surface area contributed by atoms with Crippen LogP contribution >= 0.6 is 23.2 Å². The van der Waals surface area contributed by atoms with Gasteiger partial charge in [0.25, 0.3) is 0 Å². The van der Waals surface area contributed by atoms with E-state index in [1.54, 1.807) is 6.92 Å². The molecule has 2 aromatic rings. The number of amides is 1. The first kappa shape index (κ1) is 22.3. The molecule has 28 heavy (non-hydrogen) atoms. The van der Waals surface area contributed by atoms with E-state index in [2.05, 4.69) is 5.32 Å². The molecule has 0 aliphatic rings. The summed E-state index contributed by atoms with van der Waals surface area (Å²) in [6.45, 7) is 3.59. The van der Waals surface area contributed by atoms with Gasteiger partial charge in [-0.25, -0.2) is 8.42 Å². The molecule has 0 radical (unpaired) electrons. The van der Waals surface area contributed by atoms with Gasteiger partial charge in [0.15, 0.2) is 0 Å². The molecule has 0 spiro atoms. The van der Waals surface area contributed by atoms with E-state index in [9.17, 15) is 13.2 Å². The Labute approximate surface area is 175 Å². The van der Waals surface area contributed by atoms with Crippen molar-refractivity contribution in [2.75, 3.05) is 23.7 Å². The number of anilines is 1. The number of ether oxygens (including phenoxy) is 1. The molecule has 2 aromatic carbocycles. The van der Waals surface area contributed by atoms with Gasteiger partial charge in [0.1, 0.15) is 18.9 Å². The summed E-state index contributed by atoms with van der Waals surface area (Å²) in [7, 11) is -3.73. The standard InChI is InChI=1S/C19H22Cl2N2O4S/c1-13-4-7-16(8-5-13)27-12-14(2)22-19(24)11-23(28(3,25)26)18-9-6-15(20)10-17(18)21/h4-10,14H,11-12H2,1-3H3,(H,22,24). The van der Waals surface area contributed by atoms with Crippen LogP contribution in [0.15, 0.2) is 42.5 Å². The van der Waals surface area contributed by atoms with Crippen molar-refractivity contribution in [3.63, 3.8) is 0 Å². The molecule has 9 heteroatoms. The van der Waals surface area contributed by atoms with E-state index >= 15 is 0 Å². The second-order valence-corrected chi connectivity index (χ2v) is 9.21. The maximum Gasteiger partial charge on any atom is 0.241 e. The Morgan fingerprint density at radius 2 is 1.82 bits per heavy atom. The molecule has 152 valence electrons. The second kappa shape index (κ2) is 9.49. The van der Waals surface area contributed by atoms with Crippen LogP contribution in [0.2, 0.25) is 10.0 Å². The fraction of sp³-hybridized carbons (Fsp3) is 0.316. The number of benzene rings is 2. The third-order valence-electron chi connectivity index (χ3n) is 3.79. The minimum atomic E-state index is -3.73. The molecule has 6 nitrogen and oxygen atoms in total. The number of hydrogen-bond acceptors (Lipinski definition) is 4. The normalized spacial score (nSPS) is 12.3. The van der Waals surface area contributed by atoms with Crippen LogP contribution in [0.3, 0.4) is 0 Å². The number of nitrogens with zero attached hydrogens (tertiary/aromatic N) is 1. The number of sulfonamides is 1. The molecule has 0 aliphatic heterocycles. The average molecular weight is 445 g/mol. The molecule has 0 aromatic heterocycles. The van der Waals surface area contributed by atoms with E-state index in [4.69, 9.17) is 27.9 Å². The lowest BCUT2D eigenvalue weighted by Gasteiger charge is -2.24. The SMILES string of the molecule is Cc1ccc(OCC(C)NC(=O)CN(c2ccc(Cl)cc2Cl)S(C)(=O)=O)cc1. The predicted molar refractivity (Wildman–Crippen MR) is 113 cm³/mol. The van der Waals surface area contributed by atoms with E-state index < -0.39 is 22.5 Å². The third-order valence-corrected chi connectivity index (χ3v) is 5.46. The van der Waals surface area contributed by atoms with Crippen molar-refractivity contribution in [2.45, 2.75) is 19.9 Å². The number of rotatable bonds is 8. The Bertz CT molecular complexity index is 933. The molecule has 0 saturated carbocycles. The molecule has 0 bridgehead atoms. The van der Waals surface area contributed by atoms with Crippen molar-refractivity contribution < 1.29 is 17.9 Å². The van der Waals surface area contributed by atoms with Crippen molar-refractivity contribution in [3.8, 4) is 5.75 Å². The van der Waals surface area contributed by atoms with Gasteiger partial charge in [-0.05, 0) is 44.2 Å². The molecule has 0 fully saturated rings. The summed E-state index contributed by atoms with van der Waals surface area (Å²) >= 11 is 12.0. The van der Waals surface area contributed by atoms with Gasteiger partial charge in [0, 0.05) is 5.02 Å². The zero-order valence-corrected chi connectivity index (χ0v) is 18.1. The van der Waals surface area contributed by atoms with Crippen molar-refractivity contribution >= 4 is 44.8 Å². The number of nitrogens with one attached hydrogen (secondary N) is 1. The molecule has 1 atom stereocenters. The summed E-state index contributed by atoms with van der Waals surface area (Å²) < 4.78 is 30.9. The molecule has 0 heterocycles. The lowest BCUT2D eigenvalue weighted by atomic mass is 10.2. The smallest absolute Gasteiger partial charge is 0.241 e. The number of hydrogen-bond donors (Lipinski definition) is 1. The Hall–Kier alpha value is -1.96. The fourth-order valence-corrected chi connectivity index (χ4v) is 3.84. The number of carbonyl (C=O) groups excluding carboxylic acids is 1. The van der Waals surface area contributed by atoms with Gasteiger partial charge in [-0.2, -0.15) is 0 Å². The number of carbonyl (C=O) groups is 1. The fourth-order valence-electron chi connectivity index (χ4n) is 2.41. The Balaban J connectivity index is 2.00. The van der Waals surface area contributed by atoms with E-state index in [1.807, 2.05) is 31.2 Å². The van der Waals surface area contributed by atoms with Crippen LogP contribution in [0, 0.1) is 6.92 Å². The minimum Gasteiger partial charge on any atom is -0.491 e. The average Bonchev–Trinajstić information content (AvgIpc) is 2.59. The summed E-state index contributed by atoms with van der Waals surface area (Å²) in [4.78, 5) is 12.4. The van der Waals surface area contributed by atoms with Crippen LogP contribution < -0.4 is 14.4 Å². The molecular formula is C19H22Cl2N2O4S. The molecule has 1 amide bonds. The van der Waals surface area contributed by atoms with Gasteiger partial charge in [0.2, 0.25) is 15.9 Å². The van der Waals surface area contributed by atoms with Gasteiger partial charge in [0.05, 0.1) is 23.0 Å². The van der Waals surface area contributed by atoms with Crippen LogP contribution in [0.4, 0.5) is 5.69 Å². The summed E-state index contributed by atoms with van der Waals surface area (Å²) in [6.07, 6.45) is 1.01. The highest BCUT2D eigenvalue weighted by atomic mass is 35.5. The van der Waals surface area contributed by atoms with Crippen molar-refractivity contribution in [1.29, 1.82) is 0 Å². The quantitative estimate of drug-likeness (QED) is 0.673. The minimum absolute atomic E-state index is 0.140. The second-order valence-electron chi connectivity index (χ2n) is 6.46. The van der Waals surface area contributed by atoms with Crippen LogP contribution in [-0.2, 0) is 14.8 Å². The first-order chi connectivity index (χ1) is 13.1. The van der Waals surface area contributed by atoms with Crippen molar-refractivity contribution in [3.05, 3.63) is 58.1 Å². The molecular weight excluding hydrogens is 423 g/mol. The zero-order valence-electron chi connectivity index (χ0n) is 15.8. The van der Waals surface area contributed by atoms with E-state index in [0.717, 1.165) is 16.1 Å². The highest BCUT2D eigenvalue weighted by Crippen LogP contribution is 2.30. The summed E-state index contributed by atoms with van der Waals surface area (Å²) in [5.74, 6) is 0.217. The number of aryl methyl sites for hydroxylation is 1. The molecule has 1 unspecified atom stereocenters. The summed E-state index contributed by atoms with van der Waals surface area (Å²) in [5, 5.41) is 3.23. The predicted octanol–water partition coefficient (Wildman–Crippen LogP) is 3.65. The van der Waals surface area contributed by atoms with Crippen LogP contribution in [0.1, 0.15) is 12.5 Å². The van der Waals surface area contributed by atoms with Crippen molar-refractivity contribution in [1.82, 2.24) is 5.32 Å². The summed E-state index contributed by atoms with van der Waals surface area (Å²) in [5.41, 5.74) is 1.31. The Kier molecular flexibility index (Phi) is 7.57. The highest BCUT2D eigenvalue weighted by molar-refractivity contribution is 7.92. The monoisotopic (exact) mass is 444 g/mol. The Morgan fingerprint density at radius 1 is 1.18 bits per heavy atom. The molecule has 2 rings (SSSR count). The molecule has 0 saturated heterocycles. The van der Waals surface area contributed by atoms with Gasteiger partial charge in [-0.1, -0.05) is 40.9 Å². The van der Waals surface area contributed by atoms with Gasteiger partial charge in [-0.3, -0.25) is 9.10 Å². The molecule has 0 aliphatic carbocycles. The third kappa shape index (κ3) is 6.58. The largest absolute Gasteiger partial charge is 0.491 e. The first-order valence-corrected chi connectivity index (χ1v) is 11.1. The first-order valence-electron chi connectivity index (χ1n) is 8.48. The van der Waals surface area contributed by atoms with Crippen LogP contribution in [0.25, 0.3) is 0 Å². The van der Waals surface area contributed by atoms with Gasteiger partial charge < -0.3 is 10.1 Å². The summed E-state index contributed by atoms with van der Waals surface area (Å²) in [6, 6.07) is 11.6. The van der Waals surface area contributed by atoms with Crippen LogP contribution in [-0.4, -0.2) is 39.8 Å². The van der Waals surface area contributed by atoms with E-state index in [-0.39, 0.29) is 23.4 Å². The lowest BCUT2D eigenvalue weighted by molar-refractivity contribution is -0.120. The van der Waals surface area contributed by atoms with E-state index in [1.165, 1.54) is 18.2 Å². The maximum absolute atomic E-state index is 12.4. The number of halogens is 2. The lowest BCUT2D eigenvalue weighted by Crippen LogP contribution is -2.45. The van der Waals surface area contributed by atoms with Gasteiger partial charge in [-0.15, -0.1) is 0 Å². The Morgan fingerprint density at radius 3 is 2.39 bits per heavy atom. The topological polar surface area (TPSA) is 75.7 Å². The van der Waals surface area contributed by atoms with Crippen molar-refractivity contribution in [2.24, 2.45) is 0 Å². The van der Waals surface area contributed by atoms with Crippen LogP contribution in [0.5, 0.6) is 5.75 Å². The van der Waals surface area contributed by atoms with E-state index in [0.29, 0.717) is 10.8 Å². The highest BCUT2D eigenvalue weighted by Gasteiger charge is 2.23. The maximum atomic E-state index is 12.4.